The third-order valence-corrected chi connectivity index (χ3v) is 9.61. The van der Waals surface area contributed by atoms with Crippen molar-refractivity contribution in [1.29, 1.82) is 0 Å². The maximum absolute atomic E-state index is 2.43. The molecular formula is C48H34N2. The molecule has 8 aromatic carbocycles. The maximum Gasteiger partial charge on any atom is 0.0782 e. The lowest BCUT2D eigenvalue weighted by Crippen LogP contribution is -2.11. The molecular weight excluding hydrogens is 605 g/mol. The second kappa shape index (κ2) is 12.8. The Kier molecular flexibility index (Phi) is 7.53. The first-order chi connectivity index (χ1) is 24.8. The van der Waals surface area contributed by atoms with Crippen LogP contribution >= 0.6 is 0 Å². The van der Waals surface area contributed by atoms with E-state index in [0.717, 1.165) is 22.7 Å². The van der Waals surface area contributed by atoms with Crippen LogP contribution < -0.4 is 4.90 Å². The quantitative estimate of drug-likeness (QED) is 0.169. The van der Waals surface area contributed by atoms with Gasteiger partial charge in [-0.05, 0) is 81.9 Å². The van der Waals surface area contributed by atoms with Crippen molar-refractivity contribution < 1.29 is 0 Å². The van der Waals surface area contributed by atoms with Crippen LogP contribution in [0.3, 0.4) is 0 Å². The predicted molar refractivity (Wildman–Crippen MR) is 212 cm³/mol. The van der Waals surface area contributed by atoms with Crippen molar-refractivity contribution in [3.63, 3.8) is 0 Å². The van der Waals surface area contributed by atoms with Crippen LogP contribution in [0.2, 0.25) is 0 Å². The maximum atomic E-state index is 2.43. The third-order valence-electron chi connectivity index (χ3n) is 9.61. The first-order valence-electron chi connectivity index (χ1n) is 17.1. The minimum absolute atomic E-state index is 1.10. The van der Waals surface area contributed by atoms with Crippen LogP contribution in [0.4, 0.5) is 17.1 Å². The van der Waals surface area contributed by atoms with Gasteiger partial charge in [-0.1, -0.05) is 158 Å². The summed E-state index contributed by atoms with van der Waals surface area (Å²) >= 11 is 0. The average molecular weight is 639 g/mol. The Labute approximate surface area is 292 Å². The van der Waals surface area contributed by atoms with Crippen LogP contribution in [-0.4, -0.2) is 4.57 Å². The van der Waals surface area contributed by atoms with Gasteiger partial charge in [-0.3, -0.25) is 0 Å². The first kappa shape index (κ1) is 29.5. The molecule has 0 spiro atoms. The van der Waals surface area contributed by atoms with Gasteiger partial charge in [0.15, 0.2) is 0 Å². The van der Waals surface area contributed by atoms with E-state index in [1.165, 1.54) is 55.2 Å². The van der Waals surface area contributed by atoms with Crippen molar-refractivity contribution in [1.82, 2.24) is 4.57 Å². The molecule has 9 aromatic rings. The van der Waals surface area contributed by atoms with Gasteiger partial charge in [-0.25, -0.2) is 0 Å². The van der Waals surface area contributed by atoms with E-state index in [1.807, 2.05) is 0 Å². The minimum atomic E-state index is 1.10. The number of anilines is 3. The summed E-state index contributed by atoms with van der Waals surface area (Å²) in [7, 11) is 0. The Morgan fingerprint density at radius 1 is 0.300 bits per heavy atom. The standard InChI is InChI=1S/C48H34N2/c1-4-13-35(14-5-1)38-23-29-41(30-24-38)49(42-31-25-39(26-32-42)36-15-6-2-7-16-36)47-22-12-20-45-44-19-10-11-21-46(44)50(48(45)47)43-33-27-40(28-34-43)37-17-8-3-9-18-37/h1-34H. The number of rotatable bonds is 7. The Balaban J connectivity index is 1.25. The van der Waals surface area contributed by atoms with Crippen LogP contribution in [0.5, 0.6) is 0 Å². The zero-order valence-electron chi connectivity index (χ0n) is 27.5. The Morgan fingerprint density at radius 3 is 1.20 bits per heavy atom. The highest BCUT2D eigenvalue weighted by Gasteiger charge is 2.21. The van der Waals surface area contributed by atoms with Crippen LogP contribution in [-0.2, 0) is 0 Å². The number of benzene rings is 8. The summed E-state index contributed by atoms with van der Waals surface area (Å²) in [6, 6.07) is 74.0. The molecule has 236 valence electrons. The van der Waals surface area contributed by atoms with Gasteiger partial charge in [0.1, 0.15) is 0 Å². The van der Waals surface area contributed by atoms with Crippen molar-refractivity contribution in [2.45, 2.75) is 0 Å². The van der Waals surface area contributed by atoms with Gasteiger partial charge >= 0.3 is 0 Å². The Morgan fingerprint density at radius 2 is 0.700 bits per heavy atom. The second-order valence-corrected chi connectivity index (χ2v) is 12.6. The van der Waals surface area contributed by atoms with Crippen LogP contribution in [0, 0.1) is 0 Å². The van der Waals surface area contributed by atoms with Gasteiger partial charge in [0, 0.05) is 27.8 Å². The molecule has 2 heteroatoms. The van der Waals surface area contributed by atoms with E-state index in [2.05, 4.69) is 216 Å². The molecule has 2 nitrogen and oxygen atoms in total. The lowest BCUT2D eigenvalue weighted by Gasteiger charge is -2.27. The molecule has 0 aliphatic rings. The van der Waals surface area contributed by atoms with Crippen molar-refractivity contribution in [2.24, 2.45) is 0 Å². The van der Waals surface area contributed by atoms with Gasteiger partial charge in [0.05, 0.1) is 16.7 Å². The number of hydrogen-bond donors (Lipinski definition) is 0. The number of aromatic nitrogens is 1. The summed E-state index contributed by atoms with van der Waals surface area (Å²) in [6.07, 6.45) is 0. The molecule has 0 unspecified atom stereocenters. The summed E-state index contributed by atoms with van der Waals surface area (Å²) in [6.45, 7) is 0. The number of fused-ring (bicyclic) bond motifs is 3. The first-order valence-corrected chi connectivity index (χ1v) is 17.1. The highest BCUT2D eigenvalue weighted by molar-refractivity contribution is 6.14. The number of nitrogens with zero attached hydrogens (tertiary/aromatic N) is 2. The van der Waals surface area contributed by atoms with E-state index in [-0.39, 0.29) is 0 Å². The van der Waals surface area contributed by atoms with Crippen molar-refractivity contribution in [3.8, 4) is 39.1 Å². The normalized spacial score (nSPS) is 11.2. The molecule has 1 heterocycles. The molecule has 0 radical (unpaired) electrons. The summed E-state index contributed by atoms with van der Waals surface area (Å²) in [5, 5.41) is 2.45. The lowest BCUT2D eigenvalue weighted by molar-refractivity contribution is 1.17. The van der Waals surface area contributed by atoms with E-state index in [9.17, 15) is 0 Å². The molecule has 0 aliphatic heterocycles. The van der Waals surface area contributed by atoms with Crippen LogP contribution in [0.15, 0.2) is 206 Å². The molecule has 50 heavy (non-hydrogen) atoms. The Hall–Kier alpha value is -6.64. The zero-order chi connectivity index (χ0) is 33.3. The van der Waals surface area contributed by atoms with Crippen molar-refractivity contribution in [3.05, 3.63) is 206 Å². The predicted octanol–water partition coefficient (Wildman–Crippen LogP) is 13.3. The summed E-state index contributed by atoms with van der Waals surface area (Å²) in [5.74, 6) is 0. The summed E-state index contributed by atoms with van der Waals surface area (Å²) in [4.78, 5) is 2.40. The van der Waals surface area contributed by atoms with Crippen LogP contribution in [0.25, 0.3) is 60.9 Å². The molecule has 0 amide bonds. The second-order valence-electron chi connectivity index (χ2n) is 12.6. The number of para-hydroxylation sites is 2. The van der Waals surface area contributed by atoms with Gasteiger partial charge in [0.25, 0.3) is 0 Å². The molecule has 0 atom stereocenters. The lowest BCUT2D eigenvalue weighted by atomic mass is 10.0. The minimum Gasteiger partial charge on any atom is -0.308 e. The smallest absolute Gasteiger partial charge is 0.0782 e. The van der Waals surface area contributed by atoms with Crippen LogP contribution in [0.1, 0.15) is 0 Å². The van der Waals surface area contributed by atoms with E-state index < -0.39 is 0 Å². The van der Waals surface area contributed by atoms with E-state index >= 15 is 0 Å². The van der Waals surface area contributed by atoms with E-state index in [1.54, 1.807) is 0 Å². The van der Waals surface area contributed by atoms with E-state index in [0.29, 0.717) is 0 Å². The fraction of sp³-hybridized carbons (Fsp3) is 0. The van der Waals surface area contributed by atoms with Gasteiger partial charge in [-0.15, -0.1) is 0 Å². The van der Waals surface area contributed by atoms with Gasteiger partial charge in [0.2, 0.25) is 0 Å². The molecule has 9 rings (SSSR count). The SMILES string of the molecule is c1ccc(-c2ccc(N(c3ccc(-c4ccccc4)cc3)c3cccc4c5ccccc5n(-c5ccc(-c6ccccc6)cc5)c34)cc2)cc1. The molecule has 1 aromatic heterocycles. The van der Waals surface area contributed by atoms with Crippen molar-refractivity contribution >= 4 is 38.9 Å². The molecule has 0 saturated heterocycles. The number of hydrogen-bond acceptors (Lipinski definition) is 1. The zero-order valence-corrected chi connectivity index (χ0v) is 27.5. The summed E-state index contributed by atoms with van der Waals surface area (Å²) < 4.78 is 2.43. The van der Waals surface area contributed by atoms with E-state index in [4.69, 9.17) is 0 Å². The Bertz CT molecular complexity index is 2450. The topological polar surface area (TPSA) is 8.17 Å². The third kappa shape index (κ3) is 5.34. The molecule has 0 fully saturated rings. The fourth-order valence-corrected chi connectivity index (χ4v) is 7.18. The molecule has 0 N–H and O–H groups in total. The largest absolute Gasteiger partial charge is 0.308 e. The highest BCUT2D eigenvalue weighted by Crippen LogP contribution is 2.44. The fourth-order valence-electron chi connectivity index (χ4n) is 7.18. The average Bonchev–Trinajstić information content (AvgIpc) is 3.55. The van der Waals surface area contributed by atoms with Crippen molar-refractivity contribution in [2.75, 3.05) is 4.90 Å². The molecule has 0 bridgehead atoms. The monoisotopic (exact) mass is 638 g/mol. The summed E-state index contributed by atoms with van der Waals surface area (Å²) in [5.41, 5.74) is 14.0. The van der Waals surface area contributed by atoms with Gasteiger partial charge < -0.3 is 9.47 Å². The molecule has 0 saturated carbocycles. The molecule has 0 aliphatic carbocycles. The highest BCUT2D eigenvalue weighted by atomic mass is 15.2. The van der Waals surface area contributed by atoms with Gasteiger partial charge in [-0.2, -0.15) is 0 Å².